The SMILES string of the molecule is Cc1[nH]c2c(O)cc3c(c2c1C(=O)O)[C@H](CCl)CN3C(=O)OC(C)(C)C. The van der Waals surface area contributed by atoms with Gasteiger partial charge in [0.05, 0.1) is 16.8 Å². The summed E-state index contributed by atoms with van der Waals surface area (Å²) in [6, 6.07) is 1.45. The van der Waals surface area contributed by atoms with Crippen molar-refractivity contribution in [3.8, 4) is 5.75 Å². The van der Waals surface area contributed by atoms with E-state index in [0.717, 1.165) is 0 Å². The minimum atomic E-state index is -1.11. The van der Waals surface area contributed by atoms with E-state index in [1.165, 1.54) is 11.0 Å². The zero-order valence-electron chi connectivity index (χ0n) is 15.0. The van der Waals surface area contributed by atoms with E-state index in [9.17, 15) is 19.8 Å². The van der Waals surface area contributed by atoms with Gasteiger partial charge in [-0.15, -0.1) is 11.6 Å². The van der Waals surface area contributed by atoms with Gasteiger partial charge in [0.25, 0.3) is 0 Å². The van der Waals surface area contributed by atoms with Crippen molar-refractivity contribution in [2.24, 2.45) is 0 Å². The first-order valence-corrected chi connectivity index (χ1v) is 8.76. The number of aromatic carboxylic acids is 1. The number of hydrogen-bond donors (Lipinski definition) is 3. The molecule has 26 heavy (non-hydrogen) atoms. The van der Waals surface area contributed by atoms with Gasteiger partial charge in [-0.25, -0.2) is 9.59 Å². The quantitative estimate of drug-likeness (QED) is 0.684. The van der Waals surface area contributed by atoms with Crippen molar-refractivity contribution in [1.82, 2.24) is 4.98 Å². The first-order chi connectivity index (χ1) is 12.0. The molecule has 1 amide bonds. The van der Waals surface area contributed by atoms with Crippen LogP contribution in [0, 0.1) is 6.92 Å². The van der Waals surface area contributed by atoms with E-state index in [1.807, 2.05) is 0 Å². The average Bonchev–Trinajstić information content (AvgIpc) is 3.03. The van der Waals surface area contributed by atoms with Gasteiger partial charge in [-0.1, -0.05) is 0 Å². The molecule has 0 saturated carbocycles. The first kappa shape index (κ1) is 18.4. The van der Waals surface area contributed by atoms with Crippen molar-refractivity contribution >= 4 is 40.3 Å². The third-order valence-corrected chi connectivity index (χ3v) is 4.75. The highest BCUT2D eigenvalue weighted by molar-refractivity contribution is 6.19. The van der Waals surface area contributed by atoms with Gasteiger partial charge in [0.2, 0.25) is 0 Å². The van der Waals surface area contributed by atoms with Crippen LogP contribution in [0.1, 0.15) is 48.3 Å². The average molecular weight is 381 g/mol. The summed E-state index contributed by atoms with van der Waals surface area (Å²) in [7, 11) is 0. The third kappa shape index (κ3) is 2.86. The Balaban J connectivity index is 2.25. The summed E-state index contributed by atoms with van der Waals surface area (Å²) in [4.78, 5) is 28.7. The maximum atomic E-state index is 12.6. The standard InChI is InChI=1S/C18H21ClN2O5/c1-8-12(16(23)24)14-13-9(6-19)7-21(17(25)26-18(2,3)4)10(13)5-11(22)15(14)20-8/h5,9,20,22H,6-7H2,1-4H3,(H,23,24)/t9-/m1/s1. The van der Waals surface area contributed by atoms with Crippen molar-refractivity contribution in [3.63, 3.8) is 0 Å². The fourth-order valence-corrected chi connectivity index (χ4v) is 3.68. The van der Waals surface area contributed by atoms with Crippen LogP contribution < -0.4 is 4.90 Å². The number of aryl methyl sites for hydroxylation is 1. The van der Waals surface area contributed by atoms with Crippen LogP contribution in [0.4, 0.5) is 10.5 Å². The summed E-state index contributed by atoms with van der Waals surface area (Å²) in [5.74, 6) is -1.30. The number of H-pyrrole nitrogens is 1. The fraction of sp³-hybridized carbons (Fsp3) is 0.444. The molecule has 7 nitrogen and oxygen atoms in total. The van der Waals surface area contributed by atoms with Gasteiger partial charge < -0.3 is 19.9 Å². The molecule has 0 aliphatic carbocycles. The highest BCUT2D eigenvalue weighted by atomic mass is 35.5. The van der Waals surface area contributed by atoms with Crippen LogP contribution in [0.5, 0.6) is 5.75 Å². The Labute approximate surface area is 155 Å². The van der Waals surface area contributed by atoms with Gasteiger partial charge in [0, 0.05) is 35.5 Å². The van der Waals surface area contributed by atoms with Crippen LogP contribution in [0.15, 0.2) is 6.07 Å². The lowest BCUT2D eigenvalue weighted by molar-refractivity contribution is 0.0581. The molecular formula is C18H21ClN2O5. The number of anilines is 1. The van der Waals surface area contributed by atoms with Crippen LogP contribution in [-0.4, -0.2) is 45.3 Å². The number of carbonyl (C=O) groups excluding carboxylic acids is 1. The number of aromatic nitrogens is 1. The highest BCUT2D eigenvalue weighted by Gasteiger charge is 2.38. The molecule has 3 rings (SSSR count). The maximum absolute atomic E-state index is 12.6. The molecule has 0 spiro atoms. The number of halogens is 1. The third-order valence-electron chi connectivity index (χ3n) is 4.38. The van der Waals surface area contributed by atoms with Gasteiger partial charge >= 0.3 is 12.1 Å². The van der Waals surface area contributed by atoms with Crippen molar-refractivity contribution in [2.45, 2.75) is 39.2 Å². The van der Waals surface area contributed by atoms with E-state index in [2.05, 4.69) is 4.98 Å². The number of benzene rings is 1. The van der Waals surface area contributed by atoms with Crippen LogP contribution in [-0.2, 0) is 4.74 Å². The van der Waals surface area contributed by atoms with E-state index in [0.29, 0.717) is 27.8 Å². The van der Waals surface area contributed by atoms with Crippen LogP contribution >= 0.6 is 11.6 Å². The molecule has 1 aromatic heterocycles. The smallest absolute Gasteiger partial charge is 0.414 e. The topological polar surface area (TPSA) is 103 Å². The summed E-state index contributed by atoms with van der Waals surface area (Å²) in [5.41, 5.74) is 1.23. The summed E-state index contributed by atoms with van der Waals surface area (Å²) >= 11 is 6.12. The second-order valence-corrected chi connectivity index (χ2v) is 7.76. The number of ether oxygens (including phenoxy) is 1. The van der Waals surface area contributed by atoms with Crippen molar-refractivity contribution in [3.05, 3.63) is 22.9 Å². The highest BCUT2D eigenvalue weighted by Crippen LogP contribution is 2.47. The Kier molecular flexibility index (Phi) is 4.30. The number of phenols is 1. The molecule has 2 heterocycles. The number of carbonyl (C=O) groups is 2. The second-order valence-electron chi connectivity index (χ2n) is 7.45. The van der Waals surface area contributed by atoms with Gasteiger partial charge in [-0.2, -0.15) is 0 Å². The van der Waals surface area contributed by atoms with Crippen molar-refractivity contribution < 1.29 is 24.5 Å². The number of aromatic amines is 1. The first-order valence-electron chi connectivity index (χ1n) is 8.23. The molecule has 8 heteroatoms. The van der Waals surface area contributed by atoms with E-state index in [4.69, 9.17) is 16.3 Å². The van der Waals surface area contributed by atoms with Crippen molar-refractivity contribution in [2.75, 3.05) is 17.3 Å². The van der Waals surface area contributed by atoms with E-state index < -0.39 is 17.7 Å². The Morgan fingerprint density at radius 3 is 2.62 bits per heavy atom. The Morgan fingerprint density at radius 2 is 2.08 bits per heavy atom. The van der Waals surface area contributed by atoms with Gasteiger partial charge in [0.1, 0.15) is 11.4 Å². The summed E-state index contributed by atoms with van der Waals surface area (Å²) < 4.78 is 5.44. The normalized spacial score (nSPS) is 16.8. The Morgan fingerprint density at radius 1 is 1.42 bits per heavy atom. The zero-order valence-corrected chi connectivity index (χ0v) is 15.8. The summed E-state index contributed by atoms with van der Waals surface area (Å²) in [5, 5.41) is 20.4. The Bertz CT molecular complexity index is 913. The number of carboxylic acid groups (broad SMARTS) is 1. The number of hydrogen-bond acceptors (Lipinski definition) is 4. The predicted molar refractivity (Wildman–Crippen MR) is 98.7 cm³/mol. The monoisotopic (exact) mass is 380 g/mol. The van der Waals surface area contributed by atoms with Crippen LogP contribution in [0.25, 0.3) is 10.9 Å². The van der Waals surface area contributed by atoms with Gasteiger partial charge in [-0.3, -0.25) is 4.90 Å². The molecule has 0 bridgehead atoms. The fourth-order valence-electron chi connectivity index (χ4n) is 3.42. The molecule has 0 fully saturated rings. The lowest BCUT2D eigenvalue weighted by atomic mass is 9.95. The minimum Gasteiger partial charge on any atom is -0.506 e. The van der Waals surface area contributed by atoms with E-state index >= 15 is 0 Å². The molecule has 3 N–H and O–H groups in total. The Hall–Kier alpha value is -2.41. The second kappa shape index (κ2) is 6.09. The summed E-state index contributed by atoms with van der Waals surface area (Å²) in [6.45, 7) is 7.18. The van der Waals surface area contributed by atoms with Gasteiger partial charge in [0.15, 0.2) is 0 Å². The lowest BCUT2D eigenvalue weighted by Gasteiger charge is -2.25. The van der Waals surface area contributed by atoms with Crippen LogP contribution in [0.3, 0.4) is 0 Å². The number of nitrogens with one attached hydrogen (secondary N) is 1. The molecule has 0 radical (unpaired) electrons. The van der Waals surface area contributed by atoms with Gasteiger partial charge in [-0.05, 0) is 33.3 Å². The maximum Gasteiger partial charge on any atom is 0.414 e. The molecular weight excluding hydrogens is 360 g/mol. The molecule has 2 aromatic rings. The van der Waals surface area contributed by atoms with E-state index in [-0.39, 0.29) is 29.7 Å². The molecule has 1 atom stereocenters. The molecule has 140 valence electrons. The number of carboxylic acids is 1. The number of fused-ring (bicyclic) bond motifs is 3. The number of alkyl halides is 1. The van der Waals surface area contributed by atoms with Crippen molar-refractivity contribution in [1.29, 1.82) is 0 Å². The number of nitrogens with zero attached hydrogens (tertiary/aromatic N) is 1. The molecule has 0 unspecified atom stereocenters. The summed E-state index contributed by atoms with van der Waals surface area (Å²) in [6.07, 6.45) is -0.561. The predicted octanol–water partition coefficient (Wildman–Crippen LogP) is 3.96. The largest absolute Gasteiger partial charge is 0.506 e. The minimum absolute atomic E-state index is 0.0771. The number of rotatable bonds is 2. The number of amides is 1. The number of aromatic hydroxyl groups is 1. The van der Waals surface area contributed by atoms with E-state index in [1.54, 1.807) is 27.7 Å². The molecule has 0 saturated heterocycles. The lowest BCUT2D eigenvalue weighted by Crippen LogP contribution is -2.36. The number of phenolic OH excluding ortho intramolecular Hbond substituents is 1. The molecule has 1 aliphatic heterocycles. The molecule has 1 aromatic carbocycles. The molecule has 1 aliphatic rings. The van der Waals surface area contributed by atoms with Crippen LogP contribution in [0.2, 0.25) is 0 Å². The zero-order chi connectivity index (χ0) is 19.4.